The number of hydrogen-bond donors (Lipinski definition) is 0. The number of rotatable bonds is 31. The van der Waals surface area contributed by atoms with E-state index in [1.807, 2.05) is 43.8 Å². The van der Waals surface area contributed by atoms with Crippen LogP contribution < -0.4 is 0 Å². The molecule has 10 rings (SSSR count). The molecule has 9 heteroatoms. The lowest BCUT2D eigenvalue weighted by molar-refractivity contribution is -0.124. The minimum atomic E-state index is -0.0654. The second-order valence-corrected chi connectivity index (χ2v) is 28.4. The van der Waals surface area contributed by atoms with Gasteiger partial charge in [-0.3, -0.25) is 9.59 Å². The van der Waals surface area contributed by atoms with Gasteiger partial charge in [-0.25, -0.2) is 0 Å². The van der Waals surface area contributed by atoms with E-state index in [4.69, 9.17) is 0 Å². The highest BCUT2D eigenvalue weighted by Crippen LogP contribution is 2.57. The summed E-state index contributed by atoms with van der Waals surface area (Å²) in [5.41, 5.74) is 11.1. The molecule has 7 heterocycles. The molecule has 416 valence electrons. The molecule has 79 heavy (non-hydrogen) atoms. The van der Waals surface area contributed by atoms with Crippen LogP contribution in [-0.4, -0.2) is 34.7 Å². The Balaban J connectivity index is 1.03. The number of fused-ring (bicyclic) bond motifs is 4. The van der Waals surface area contributed by atoms with E-state index in [2.05, 4.69) is 139 Å². The van der Waals surface area contributed by atoms with E-state index in [1.54, 1.807) is 22.7 Å². The zero-order chi connectivity index (χ0) is 54.9. The fraction of sp³-hybridized carbons (Fsp3) is 0.457. The number of benzene rings is 2. The normalized spacial score (nSPS) is 14.7. The summed E-state index contributed by atoms with van der Waals surface area (Å²) in [7, 11) is 0. The molecule has 0 spiro atoms. The molecular formula is C70H84N2O2S5. The highest BCUT2D eigenvalue weighted by molar-refractivity contribution is 7.26. The predicted molar refractivity (Wildman–Crippen MR) is 346 cm³/mol. The Hall–Kier alpha value is -4.64. The van der Waals surface area contributed by atoms with Gasteiger partial charge in [0.05, 0.1) is 32.3 Å². The first-order valence-corrected chi connectivity index (χ1v) is 34.7. The highest BCUT2D eigenvalue weighted by atomic mass is 32.1. The van der Waals surface area contributed by atoms with Gasteiger partial charge in [0.25, 0.3) is 11.8 Å². The van der Waals surface area contributed by atoms with E-state index in [-0.39, 0.29) is 17.2 Å². The number of thiophene rings is 5. The Morgan fingerprint density at radius 1 is 0.380 bits per heavy atom. The van der Waals surface area contributed by atoms with Crippen molar-refractivity contribution in [2.75, 3.05) is 13.1 Å². The summed E-state index contributed by atoms with van der Waals surface area (Å²) in [4.78, 5) is 47.3. The molecular weight excluding hydrogens is 1060 g/mol. The van der Waals surface area contributed by atoms with Crippen LogP contribution in [0.2, 0.25) is 0 Å². The molecule has 0 unspecified atom stereocenters. The number of aryl methyl sites for hydroxylation is 2. The van der Waals surface area contributed by atoms with Gasteiger partial charge in [-0.1, -0.05) is 168 Å². The lowest BCUT2D eigenvalue weighted by Crippen LogP contribution is -2.30. The standard InChI is InChI=1S/C70H84N2O2S5/c1-7-12-17-22-27-51-31-35-58(76-51)59-37-38-60(78-59)61-39-41-63(79-61)67-65-64(68(73)72(67)45-26-21-16-11-5)66(71(69(65)74)44-25-20-15-10-4)62-40-36-57(77-62)50-30-33-53-52-32-29-49(56-34-28-48(6)75-56)46-54(52)70(55(53)47-50,42-23-18-13-8-2)43-24-19-14-9-3/h28-41,46-47H,7-27,42-45H2,1-6H3. The van der Waals surface area contributed by atoms with Crippen LogP contribution in [0.25, 0.3) is 62.9 Å². The van der Waals surface area contributed by atoms with Crippen molar-refractivity contribution in [2.45, 2.75) is 195 Å². The molecule has 2 aliphatic heterocycles. The maximum absolute atomic E-state index is 15.4. The Labute approximate surface area is 493 Å². The Bertz CT molecular complexity index is 3260. The summed E-state index contributed by atoms with van der Waals surface area (Å²) in [6.07, 6.45) is 26.9. The van der Waals surface area contributed by atoms with Crippen molar-refractivity contribution in [2.24, 2.45) is 0 Å². The lowest BCUT2D eigenvalue weighted by Gasteiger charge is -2.33. The van der Waals surface area contributed by atoms with Crippen LogP contribution in [0.3, 0.4) is 0 Å². The molecule has 1 aliphatic carbocycles. The number of nitrogens with zero attached hydrogens (tertiary/aromatic N) is 2. The van der Waals surface area contributed by atoms with Crippen LogP contribution in [0.5, 0.6) is 0 Å². The van der Waals surface area contributed by atoms with Crippen molar-refractivity contribution in [3.63, 3.8) is 0 Å². The minimum Gasteiger partial charge on any atom is -0.306 e. The summed E-state index contributed by atoms with van der Waals surface area (Å²) in [6.45, 7) is 14.8. The van der Waals surface area contributed by atoms with E-state index in [9.17, 15) is 0 Å². The fourth-order valence-electron chi connectivity index (χ4n) is 12.7. The number of hydrogen-bond acceptors (Lipinski definition) is 7. The first kappa shape index (κ1) is 57.6. The second-order valence-electron chi connectivity index (χ2n) is 22.7. The monoisotopic (exact) mass is 1140 g/mol. The zero-order valence-electron chi connectivity index (χ0n) is 48.2. The molecule has 0 saturated heterocycles. The van der Waals surface area contributed by atoms with Crippen molar-refractivity contribution in [1.29, 1.82) is 0 Å². The van der Waals surface area contributed by atoms with Crippen molar-refractivity contribution in [3.05, 3.63) is 139 Å². The molecule has 0 N–H and O–H groups in total. The van der Waals surface area contributed by atoms with Crippen molar-refractivity contribution >= 4 is 79.9 Å². The molecule has 0 saturated carbocycles. The molecule has 7 aromatic rings. The van der Waals surface area contributed by atoms with Crippen molar-refractivity contribution in [1.82, 2.24) is 9.80 Å². The van der Waals surface area contributed by atoms with Gasteiger partial charge in [0.2, 0.25) is 0 Å². The first-order valence-electron chi connectivity index (χ1n) is 30.6. The third kappa shape index (κ3) is 12.3. The number of amides is 2. The predicted octanol–water partition coefficient (Wildman–Crippen LogP) is 22.3. The van der Waals surface area contributed by atoms with E-state index in [1.165, 1.54) is 149 Å². The van der Waals surface area contributed by atoms with Crippen LogP contribution >= 0.6 is 56.7 Å². The van der Waals surface area contributed by atoms with Crippen molar-refractivity contribution < 1.29 is 9.59 Å². The molecule has 2 amide bonds. The third-order valence-electron chi connectivity index (χ3n) is 16.9. The average Bonchev–Trinajstić information content (AvgIpc) is 4.33. The van der Waals surface area contributed by atoms with Gasteiger partial charge >= 0.3 is 0 Å². The molecule has 4 nitrogen and oxygen atoms in total. The van der Waals surface area contributed by atoms with Crippen LogP contribution in [0.1, 0.15) is 207 Å². The second kappa shape index (κ2) is 27.0. The molecule has 2 aromatic carbocycles. The summed E-state index contributed by atoms with van der Waals surface area (Å²) in [6, 6.07) is 37.3. The molecule has 5 aromatic heterocycles. The van der Waals surface area contributed by atoms with E-state index < -0.39 is 0 Å². The molecule has 0 fully saturated rings. The summed E-state index contributed by atoms with van der Waals surface area (Å²) >= 11 is 9.16. The third-order valence-corrected chi connectivity index (χ3v) is 22.8. The van der Waals surface area contributed by atoms with Crippen molar-refractivity contribution in [3.8, 4) is 51.5 Å². The maximum atomic E-state index is 15.4. The maximum Gasteiger partial charge on any atom is 0.261 e. The lowest BCUT2D eigenvalue weighted by atomic mass is 9.70. The number of carbonyl (C=O) groups is 2. The van der Waals surface area contributed by atoms with Crippen LogP contribution in [0.4, 0.5) is 0 Å². The van der Waals surface area contributed by atoms with Crippen LogP contribution in [0.15, 0.2) is 108 Å². The van der Waals surface area contributed by atoms with Gasteiger partial charge in [-0.2, -0.15) is 0 Å². The van der Waals surface area contributed by atoms with Gasteiger partial charge in [0, 0.05) is 57.5 Å². The minimum absolute atomic E-state index is 0.0179. The van der Waals surface area contributed by atoms with Crippen LogP contribution in [-0.2, 0) is 21.4 Å². The summed E-state index contributed by atoms with van der Waals surface area (Å²) in [5, 5.41) is 0. The average molecular weight is 1150 g/mol. The van der Waals surface area contributed by atoms with Crippen LogP contribution in [0, 0.1) is 6.92 Å². The van der Waals surface area contributed by atoms with E-state index >= 15 is 9.59 Å². The molecule has 0 bridgehead atoms. The van der Waals surface area contributed by atoms with E-state index in [0.29, 0.717) is 24.2 Å². The fourth-order valence-corrected chi connectivity index (χ4v) is 17.9. The molecule has 0 atom stereocenters. The highest BCUT2D eigenvalue weighted by Gasteiger charge is 2.49. The molecule has 3 aliphatic rings. The topological polar surface area (TPSA) is 40.6 Å². The van der Waals surface area contributed by atoms with Gasteiger partial charge < -0.3 is 9.80 Å². The number of carbonyl (C=O) groups excluding carboxylic acids is 2. The van der Waals surface area contributed by atoms with Gasteiger partial charge in [0.15, 0.2) is 0 Å². The summed E-state index contributed by atoms with van der Waals surface area (Å²) < 4.78 is 0. The first-order chi connectivity index (χ1) is 38.7. The van der Waals surface area contributed by atoms with E-state index in [0.717, 1.165) is 91.8 Å². The SMILES string of the molecule is CCCCCCc1ccc(-c2ccc(-c3ccc(C4=C5C(=O)N(CCCCCC)C(c6ccc(-c7ccc8c(c7)C(CCCCCC)(CCCCCC)c7cc(-c9ccc(C)s9)ccc7-8)s6)=C5C(=O)N4CCCCCC)s3)s2)s1. The molecule has 0 radical (unpaired) electrons. The van der Waals surface area contributed by atoms with Gasteiger partial charge in [-0.15, -0.1) is 56.7 Å². The smallest absolute Gasteiger partial charge is 0.261 e. The Morgan fingerprint density at radius 3 is 1.25 bits per heavy atom. The summed E-state index contributed by atoms with van der Waals surface area (Å²) in [5.74, 6) is -0.0357. The Morgan fingerprint density at radius 2 is 0.772 bits per heavy atom. The van der Waals surface area contributed by atoms with Gasteiger partial charge in [-0.05, 0) is 152 Å². The zero-order valence-corrected chi connectivity index (χ0v) is 52.2. The largest absolute Gasteiger partial charge is 0.306 e. The quantitative estimate of drug-likeness (QED) is 0.0406. The Kier molecular flexibility index (Phi) is 19.7. The van der Waals surface area contributed by atoms with Gasteiger partial charge in [0.1, 0.15) is 0 Å². The number of unbranched alkanes of at least 4 members (excludes halogenated alkanes) is 15.